The highest BCUT2D eigenvalue weighted by Crippen LogP contribution is 2.23. The lowest BCUT2D eigenvalue weighted by atomic mass is 10.0. The van der Waals surface area contributed by atoms with E-state index < -0.39 is 5.97 Å². The van der Waals surface area contributed by atoms with Crippen LogP contribution in [0.1, 0.15) is 37.3 Å². The highest BCUT2D eigenvalue weighted by Gasteiger charge is 2.21. The number of nitrogens with zero attached hydrogens (tertiary/aromatic N) is 1. The predicted octanol–water partition coefficient (Wildman–Crippen LogP) is 3.55. The quantitative estimate of drug-likeness (QED) is 0.815. The van der Waals surface area contributed by atoms with Gasteiger partial charge in [-0.2, -0.15) is 0 Å². The summed E-state index contributed by atoms with van der Waals surface area (Å²) < 4.78 is 13.6. The van der Waals surface area contributed by atoms with Crippen LogP contribution in [0.4, 0.5) is 4.39 Å². The number of aliphatic carboxylic acids is 1. The van der Waals surface area contributed by atoms with Gasteiger partial charge in [0, 0.05) is 19.2 Å². The smallest absolute Gasteiger partial charge is 0.328 e. The molecule has 1 atom stereocenters. The number of rotatable bonds is 6. The standard InChI is InChI=1S/C17H22FNO2/c1-2-3-13-6-7-19(11-13)12-15-8-14(4-5-17(20)21)9-16(18)10-15/h4-5,8-10,13H,2-3,6-7,11-12H2,1H3,(H,20,21)/b5-4+. The van der Waals surface area contributed by atoms with E-state index in [0.717, 1.165) is 37.2 Å². The lowest BCUT2D eigenvalue weighted by molar-refractivity contribution is -0.131. The minimum Gasteiger partial charge on any atom is -0.478 e. The van der Waals surface area contributed by atoms with Gasteiger partial charge >= 0.3 is 5.97 Å². The zero-order chi connectivity index (χ0) is 15.2. The van der Waals surface area contributed by atoms with Crippen LogP contribution in [0.3, 0.4) is 0 Å². The minimum absolute atomic E-state index is 0.318. The van der Waals surface area contributed by atoms with Crippen molar-refractivity contribution < 1.29 is 14.3 Å². The molecule has 0 bridgehead atoms. The summed E-state index contributed by atoms with van der Waals surface area (Å²) in [6.45, 7) is 5.06. The molecule has 114 valence electrons. The van der Waals surface area contributed by atoms with E-state index in [9.17, 15) is 9.18 Å². The molecule has 1 aliphatic heterocycles. The first-order chi connectivity index (χ1) is 10.1. The van der Waals surface area contributed by atoms with Crippen LogP contribution >= 0.6 is 0 Å². The normalized spacial score (nSPS) is 19.4. The lowest BCUT2D eigenvalue weighted by Gasteiger charge is -2.16. The Morgan fingerprint density at radius 1 is 1.48 bits per heavy atom. The second kappa shape index (κ2) is 7.36. The predicted molar refractivity (Wildman–Crippen MR) is 81.4 cm³/mol. The first kappa shape index (κ1) is 15.7. The molecule has 2 rings (SSSR count). The van der Waals surface area contributed by atoms with Crippen LogP contribution in [0.15, 0.2) is 24.3 Å². The van der Waals surface area contributed by atoms with Crippen molar-refractivity contribution in [1.29, 1.82) is 0 Å². The van der Waals surface area contributed by atoms with Crippen molar-refractivity contribution in [1.82, 2.24) is 4.90 Å². The minimum atomic E-state index is -1.03. The van der Waals surface area contributed by atoms with Crippen molar-refractivity contribution in [3.63, 3.8) is 0 Å². The third kappa shape index (κ3) is 4.97. The van der Waals surface area contributed by atoms with Gasteiger partial charge in [0.2, 0.25) is 0 Å². The van der Waals surface area contributed by atoms with Gasteiger partial charge in [-0.25, -0.2) is 9.18 Å². The van der Waals surface area contributed by atoms with Crippen molar-refractivity contribution in [3.05, 3.63) is 41.2 Å². The number of carbonyl (C=O) groups is 1. The third-order valence-corrected chi connectivity index (χ3v) is 3.87. The Labute approximate surface area is 125 Å². The SMILES string of the molecule is CCCC1CCN(Cc2cc(F)cc(/C=C/C(=O)O)c2)C1. The number of carboxylic acids is 1. The van der Waals surface area contributed by atoms with Crippen molar-refractivity contribution >= 4 is 12.0 Å². The lowest BCUT2D eigenvalue weighted by Crippen LogP contribution is -2.20. The van der Waals surface area contributed by atoms with Crippen LogP contribution in [0.2, 0.25) is 0 Å². The summed E-state index contributed by atoms with van der Waals surface area (Å²) in [7, 11) is 0. The fraction of sp³-hybridized carbons (Fsp3) is 0.471. The van der Waals surface area contributed by atoms with Gasteiger partial charge < -0.3 is 5.11 Å². The van der Waals surface area contributed by atoms with E-state index in [0.29, 0.717) is 5.56 Å². The zero-order valence-electron chi connectivity index (χ0n) is 12.4. The molecule has 3 nitrogen and oxygen atoms in total. The van der Waals surface area contributed by atoms with Crippen molar-refractivity contribution in [2.75, 3.05) is 13.1 Å². The fourth-order valence-electron chi connectivity index (χ4n) is 2.99. The van der Waals surface area contributed by atoms with E-state index in [1.165, 1.54) is 37.5 Å². The van der Waals surface area contributed by atoms with Crippen LogP contribution in [-0.2, 0) is 11.3 Å². The van der Waals surface area contributed by atoms with Crippen molar-refractivity contribution in [2.45, 2.75) is 32.7 Å². The van der Waals surface area contributed by atoms with E-state index in [1.807, 2.05) is 6.07 Å². The van der Waals surface area contributed by atoms with Crippen molar-refractivity contribution in [2.24, 2.45) is 5.92 Å². The highest BCUT2D eigenvalue weighted by atomic mass is 19.1. The van der Waals surface area contributed by atoms with E-state index >= 15 is 0 Å². The third-order valence-electron chi connectivity index (χ3n) is 3.87. The number of halogens is 1. The topological polar surface area (TPSA) is 40.5 Å². The fourth-order valence-corrected chi connectivity index (χ4v) is 2.99. The van der Waals surface area contributed by atoms with Gasteiger partial charge in [0.1, 0.15) is 5.82 Å². The molecule has 1 aromatic rings. The van der Waals surface area contributed by atoms with Gasteiger partial charge in [-0.3, -0.25) is 4.90 Å². The largest absolute Gasteiger partial charge is 0.478 e. The number of hydrogen-bond donors (Lipinski definition) is 1. The van der Waals surface area contributed by atoms with Gasteiger partial charge in [-0.05, 0) is 54.6 Å². The number of benzene rings is 1. The Bertz CT molecular complexity index is 528. The van der Waals surface area contributed by atoms with Crippen LogP contribution < -0.4 is 0 Å². The Kier molecular flexibility index (Phi) is 5.51. The number of carboxylic acid groups (broad SMARTS) is 1. The maximum atomic E-state index is 13.6. The molecule has 1 aromatic carbocycles. The molecule has 0 saturated carbocycles. The molecular formula is C17H22FNO2. The summed E-state index contributed by atoms with van der Waals surface area (Å²) in [5.41, 5.74) is 1.49. The Balaban J connectivity index is 2.02. The van der Waals surface area contributed by atoms with Gasteiger partial charge in [0.15, 0.2) is 0 Å². The average molecular weight is 291 g/mol. The van der Waals surface area contributed by atoms with Gasteiger partial charge in [0.05, 0.1) is 0 Å². The summed E-state index contributed by atoms with van der Waals surface area (Å²) in [6, 6.07) is 4.74. The number of likely N-dealkylation sites (tertiary alicyclic amines) is 1. The molecular weight excluding hydrogens is 269 g/mol. The van der Waals surface area contributed by atoms with E-state index in [-0.39, 0.29) is 5.82 Å². The van der Waals surface area contributed by atoms with Gasteiger partial charge in [-0.15, -0.1) is 0 Å². The summed E-state index contributed by atoms with van der Waals surface area (Å²) in [5, 5.41) is 8.63. The Hall–Kier alpha value is -1.68. The molecule has 0 aliphatic carbocycles. The van der Waals surface area contributed by atoms with Gasteiger partial charge in [0.25, 0.3) is 0 Å². The van der Waals surface area contributed by atoms with E-state index in [4.69, 9.17) is 5.11 Å². The van der Waals surface area contributed by atoms with Crippen molar-refractivity contribution in [3.8, 4) is 0 Å². The molecule has 1 aliphatic rings. The zero-order valence-corrected chi connectivity index (χ0v) is 12.4. The summed E-state index contributed by atoms with van der Waals surface area (Å²) in [5.74, 6) is -0.584. The van der Waals surface area contributed by atoms with Crippen LogP contribution in [0.25, 0.3) is 6.08 Å². The van der Waals surface area contributed by atoms with E-state index in [1.54, 1.807) is 0 Å². The molecule has 1 N–H and O–H groups in total. The molecule has 21 heavy (non-hydrogen) atoms. The summed E-state index contributed by atoms with van der Waals surface area (Å²) in [4.78, 5) is 12.9. The molecule has 0 aromatic heterocycles. The first-order valence-corrected chi connectivity index (χ1v) is 7.49. The average Bonchev–Trinajstić information content (AvgIpc) is 2.83. The maximum Gasteiger partial charge on any atom is 0.328 e. The molecule has 0 radical (unpaired) electrons. The summed E-state index contributed by atoms with van der Waals surface area (Å²) in [6.07, 6.45) is 6.15. The molecule has 1 fully saturated rings. The molecule has 4 heteroatoms. The Morgan fingerprint density at radius 3 is 3.00 bits per heavy atom. The second-order valence-electron chi connectivity index (χ2n) is 5.74. The molecule has 0 spiro atoms. The van der Waals surface area contributed by atoms with Crippen LogP contribution in [0.5, 0.6) is 0 Å². The van der Waals surface area contributed by atoms with Crippen LogP contribution in [0, 0.1) is 11.7 Å². The van der Waals surface area contributed by atoms with Crippen LogP contribution in [-0.4, -0.2) is 29.1 Å². The molecule has 1 heterocycles. The molecule has 0 amide bonds. The Morgan fingerprint density at radius 2 is 2.29 bits per heavy atom. The van der Waals surface area contributed by atoms with Gasteiger partial charge in [-0.1, -0.05) is 19.4 Å². The highest BCUT2D eigenvalue weighted by molar-refractivity contribution is 5.85. The van der Waals surface area contributed by atoms with E-state index in [2.05, 4.69) is 11.8 Å². The first-order valence-electron chi connectivity index (χ1n) is 7.49. The maximum absolute atomic E-state index is 13.6. The second-order valence-corrected chi connectivity index (χ2v) is 5.74. The molecule has 1 saturated heterocycles. The number of hydrogen-bond acceptors (Lipinski definition) is 2. The summed E-state index contributed by atoms with van der Waals surface area (Å²) >= 11 is 0. The molecule has 1 unspecified atom stereocenters. The monoisotopic (exact) mass is 291 g/mol.